The quantitative estimate of drug-likeness (QED) is 0.0600. The van der Waals surface area contributed by atoms with Crippen LogP contribution in [0.2, 0.25) is 0 Å². The zero-order chi connectivity index (χ0) is 43.4. The molecule has 1 aromatic heterocycles. The molecule has 2 heterocycles. The number of amides is 3. The number of nitrogens with zero attached hydrogens (tertiary/aromatic N) is 3. The van der Waals surface area contributed by atoms with Gasteiger partial charge in [0.1, 0.15) is 6.04 Å². The molecule has 1 aliphatic carbocycles. The number of fused-ring (bicyclic) bond motifs is 1. The van der Waals surface area contributed by atoms with E-state index in [0.717, 1.165) is 62.0 Å². The molecule has 4 aromatic rings. The van der Waals surface area contributed by atoms with Crippen LogP contribution in [0, 0.1) is 0 Å². The molecule has 2 unspecified atom stereocenters. The Kier molecular flexibility index (Phi) is 18.8. The summed E-state index contributed by atoms with van der Waals surface area (Å²) < 4.78 is 22.4. The summed E-state index contributed by atoms with van der Waals surface area (Å²) >= 11 is 1.54. The monoisotopic (exact) mass is 864 g/mol. The third-order valence-corrected chi connectivity index (χ3v) is 11.6. The molecule has 1 aliphatic heterocycles. The average molecular weight is 865 g/mol. The Labute approximate surface area is 369 Å². The summed E-state index contributed by atoms with van der Waals surface area (Å²) in [4.78, 5) is 50.4. The number of benzene rings is 3. The molecule has 3 amide bonds. The topological polar surface area (TPSA) is 153 Å². The second kappa shape index (κ2) is 25.1. The van der Waals surface area contributed by atoms with Crippen molar-refractivity contribution in [1.29, 1.82) is 0 Å². The van der Waals surface area contributed by atoms with E-state index in [1.54, 1.807) is 29.6 Å². The normalized spacial score (nSPS) is 15.5. The van der Waals surface area contributed by atoms with Crippen LogP contribution in [0.25, 0.3) is 11.3 Å². The van der Waals surface area contributed by atoms with Crippen molar-refractivity contribution < 1.29 is 33.3 Å². The Morgan fingerprint density at radius 2 is 1.53 bits per heavy atom. The molecule has 2 aliphatic rings. The third-order valence-electron chi connectivity index (χ3n) is 10.8. The number of pyridine rings is 1. The summed E-state index contributed by atoms with van der Waals surface area (Å²) in [6.45, 7) is 10.1. The van der Waals surface area contributed by atoms with Crippen molar-refractivity contribution in [1.82, 2.24) is 15.6 Å². The van der Waals surface area contributed by atoms with Crippen molar-refractivity contribution in [3.63, 3.8) is 0 Å². The number of aryl methyl sites for hydroxylation is 2. The molecule has 3 N–H and O–H groups in total. The third kappa shape index (κ3) is 13.9. The molecule has 0 spiro atoms. The minimum absolute atomic E-state index is 0.0422. The number of nitrogens with one attached hydrogen (secondary N) is 3. The van der Waals surface area contributed by atoms with Gasteiger partial charge in [-0.25, -0.2) is 0 Å². The van der Waals surface area contributed by atoms with Crippen molar-refractivity contribution in [3.05, 3.63) is 113 Å². The minimum atomic E-state index is -0.285. The van der Waals surface area contributed by atoms with Crippen molar-refractivity contribution in [3.8, 4) is 11.3 Å². The molecule has 0 saturated carbocycles. The highest BCUT2D eigenvalue weighted by atomic mass is 32.2. The maximum absolute atomic E-state index is 13.8. The van der Waals surface area contributed by atoms with Crippen LogP contribution in [0.1, 0.15) is 76.6 Å². The summed E-state index contributed by atoms with van der Waals surface area (Å²) in [5.74, 6) is 0.254. The lowest BCUT2D eigenvalue weighted by atomic mass is 9.87. The number of rotatable bonds is 25. The van der Waals surface area contributed by atoms with Crippen LogP contribution < -0.4 is 20.9 Å². The van der Waals surface area contributed by atoms with E-state index in [0.29, 0.717) is 87.7 Å². The molecular formula is C48H60N6O7S. The summed E-state index contributed by atoms with van der Waals surface area (Å²) in [6, 6.07) is 25.2. The Balaban J connectivity index is 0.928. The fourth-order valence-corrected chi connectivity index (χ4v) is 8.25. The Hall–Kier alpha value is -5.12. The predicted molar refractivity (Wildman–Crippen MR) is 247 cm³/mol. The standard InChI is InChI=1S/C48H60N6O7S/c1-3-54(4-2)39-17-18-43(41(32-39)44-31-38(19-20-49-44)47(56)52-42-16-8-13-36-12-5-6-15-40(36)42)53-46(55)37-14-7-10-35(30-37)11-9-22-58-24-26-60-28-29-61-27-25-59-23-21-50-48(57)45-33-62-34-51-45/h5-7,10,12,14-15,17-20,30-32,34,42,45H,3-4,8-9,11,13,16,21-29,33H2,1-2H3,(H,50,57)(H,52,56)(H,53,55). The van der Waals surface area contributed by atoms with E-state index in [9.17, 15) is 14.4 Å². The Bertz CT molecular complexity index is 2100. The van der Waals surface area contributed by atoms with Crippen molar-refractivity contribution in [2.45, 2.75) is 58.0 Å². The lowest BCUT2D eigenvalue weighted by molar-refractivity contribution is -0.122. The van der Waals surface area contributed by atoms with Crippen LogP contribution >= 0.6 is 11.8 Å². The van der Waals surface area contributed by atoms with Crippen molar-refractivity contribution in [2.24, 2.45) is 4.99 Å². The molecule has 330 valence electrons. The molecule has 14 heteroatoms. The maximum Gasteiger partial charge on any atom is 0.255 e. The molecule has 0 bridgehead atoms. The fourth-order valence-electron chi connectivity index (χ4n) is 7.51. The maximum atomic E-state index is 13.8. The van der Waals surface area contributed by atoms with E-state index in [4.69, 9.17) is 23.9 Å². The van der Waals surface area contributed by atoms with Crippen LogP contribution in [0.5, 0.6) is 0 Å². The molecule has 3 aromatic carbocycles. The molecular weight excluding hydrogens is 805 g/mol. The lowest BCUT2D eigenvalue weighted by Gasteiger charge is -2.26. The molecule has 6 rings (SSSR count). The van der Waals surface area contributed by atoms with Gasteiger partial charge in [-0.3, -0.25) is 24.4 Å². The van der Waals surface area contributed by atoms with E-state index >= 15 is 0 Å². The molecule has 0 radical (unpaired) electrons. The molecule has 0 saturated heterocycles. The van der Waals surface area contributed by atoms with Gasteiger partial charge in [0.05, 0.1) is 69.2 Å². The first-order valence-electron chi connectivity index (χ1n) is 21.8. The van der Waals surface area contributed by atoms with E-state index in [2.05, 4.69) is 57.9 Å². The largest absolute Gasteiger partial charge is 0.379 e. The van der Waals surface area contributed by atoms with Gasteiger partial charge < -0.3 is 39.8 Å². The number of hydrogen-bond acceptors (Lipinski definition) is 11. The minimum Gasteiger partial charge on any atom is -0.379 e. The molecule has 62 heavy (non-hydrogen) atoms. The second-order valence-corrected chi connectivity index (χ2v) is 15.9. The number of carbonyl (C=O) groups excluding carboxylic acids is 3. The van der Waals surface area contributed by atoms with E-state index < -0.39 is 0 Å². The lowest BCUT2D eigenvalue weighted by Crippen LogP contribution is -2.36. The zero-order valence-electron chi connectivity index (χ0n) is 35.9. The van der Waals surface area contributed by atoms with Gasteiger partial charge in [0.2, 0.25) is 5.91 Å². The van der Waals surface area contributed by atoms with Gasteiger partial charge in [0.15, 0.2) is 0 Å². The Morgan fingerprint density at radius 3 is 2.29 bits per heavy atom. The van der Waals surface area contributed by atoms with Crippen LogP contribution in [0.4, 0.5) is 11.4 Å². The van der Waals surface area contributed by atoms with Crippen molar-refractivity contribution >= 4 is 46.4 Å². The molecule has 2 atom stereocenters. The number of carbonyl (C=O) groups is 3. The van der Waals surface area contributed by atoms with E-state index in [1.165, 1.54) is 11.1 Å². The van der Waals surface area contributed by atoms with Gasteiger partial charge in [-0.1, -0.05) is 36.4 Å². The highest BCUT2D eigenvalue weighted by Crippen LogP contribution is 2.33. The number of aromatic nitrogens is 1. The highest BCUT2D eigenvalue weighted by Gasteiger charge is 2.23. The van der Waals surface area contributed by atoms with Gasteiger partial charge in [0.25, 0.3) is 11.8 Å². The number of thioether (sulfide) groups is 1. The average Bonchev–Trinajstić information content (AvgIpc) is 3.86. The van der Waals surface area contributed by atoms with Crippen LogP contribution in [0.3, 0.4) is 0 Å². The van der Waals surface area contributed by atoms with Gasteiger partial charge >= 0.3 is 0 Å². The first-order chi connectivity index (χ1) is 30.4. The number of anilines is 2. The summed E-state index contributed by atoms with van der Waals surface area (Å²) in [5.41, 5.74) is 9.25. The number of ether oxygens (including phenoxy) is 4. The number of aliphatic imine (C=N–C) groups is 1. The highest BCUT2D eigenvalue weighted by molar-refractivity contribution is 8.12. The van der Waals surface area contributed by atoms with E-state index in [1.807, 2.05) is 54.6 Å². The van der Waals surface area contributed by atoms with Gasteiger partial charge in [-0.05, 0) is 105 Å². The summed E-state index contributed by atoms with van der Waals surface area (Å²) in [6.07, 6.45) is 6.16. The SMILES string of the molecule is CCN(CC)c1ccc(NC(=O)c2cccc(CCCOCCOCCOCCOCCNC(=O)C3CSC=N3)c2)c(-c2cc(C(=O)NC3CCCc4ccccc43)ccn2)c1. The van der Waals surface area contributed by atoms with Gasteiger partial charge in [-0.2, -0.15) is 0 Å². The smallest absolute Gasteiger partial charge is 0.255 e. The number of hydrogen-bond donors (Lipinski definition) is 3. The Morgan fingerprint density at radius 1 is 0.790 bits per heavy atom. The summed E-state index contributed by atoms with van der Waals surface area (Å²) in [7, 11) is 0. The van der Waals surface area contributed by atoms with Crippen LogP contribution in [-0.2, 0) is 36.6 Å². The first kappa shape index (κ1) is 46.4. The fraction of sp³-hybridized carbons (Fsp3) is 0.438. The first-order valence-corrected chi connectivity index (χ1v) is 22.8. The second-order valence-electron chi connectivity index (χ2n) is 15.1. The van der Waals surface area contributed by atoms with Gasteiger partial charge in [-0.15, -0.1) is 11.8 Å². The van der Waals surface area contributed by atoms with Crippen LogP contribution in [-0.4, -0.2) is 113 Å². The molecule has 0 fully saturated rings. The summed E-state index contributed by atoms with van der Waals surface area (Å²) in [5, 5.41) is 9.24. The molecule has 13 nitrogen and oxygen atoms in total. The zero-order valence-corrected chi connectivity index (χ0v) is 36.8. The van der Waals surface area contributed by atoms with Crippen molar-refractivity contribution in [2.75, 3.05) is 88.5 Å². The van der Waals surface area contributed by atoms with Crippen LogP contribution in [0.15, 0.2) is 90.1 Å². The van der Waals surface area contributed by atoms with Gasteiger partial charge in [0, 0.05) is 60.6 Å². The van der Waals surface area contributed by atoms with E-state index in [-0.39, 0.29) is 29.8 Å². The predicted octanol–water partition coefficient (Wildman–Crippen LogP) is 6.91.